The second-order valence-corrected chi connectivity index (χ2v) is 4.84. The van der Waals surface area contributed by atoms with Gasteiger partial charge in [0.1, 0.15) is 5.75 Å². The van der Waals surface area contributed by atoms with Gasteiger partial charge in [0.15, 0.2) is 0 Å². The number of benzene rings is 2. The number of aryl methyl sites for hydroxylation is 1. The smallest absolute Gasteiger partial charge is 0.326 e. The van der Waals surface area contributed by atoms with Crippen molar-refractivity contribution in [1.29, 1.82) is 0 Å². The van der Waals surface area contributed by atoms with Gasteiger partial charge in [-0.05, 0) is 36.2 Å². The molecule has 1 heterocycles. The molecule has 0 aliphatic heterocycles. The number of H-pyrrole nitrogens is 1. The highest BCUT2D eigenvalue weighted by atomic mass is 16.5. The second-order valence-electron chi connectivity index (χ2n) is 4.84. The molecule has 0 aliphatic rings. The highest BCUT2D eigenvalue weighted by molar-refractivity contribution is 5.78. The van der Waals surface area contributed by atoms with Gasteiger partial charge in [0.05, 0.1) is 24.7 Å². The van der Waals surface area contributed by atoms with E-state index >= 15 is 0 Å². The Morgan fingerprint density at radius 3 is 2.80 bits per heavy atom. The quantitative estimate of drug-likeness (QED) is 0.794. The van der Waals surface area contributed by atoms with Gasteiger partial charge in [-0.1, -0.05) is 24.3 Å². The Morgan fingerprint density at radius 1 is 1.20 bits per heavy atom. The molecule has 0 fully saturated rings. The fourth-order valence-electron chi connectivity index (χ4n) is 2.51. The molecule has 0 radical (unpaired) electrons. The number of aromatic amines is 1. The van der Waals surface area contributed by atoms with Crippen LogP contribution in [0.1, 0.15) is 11.1 Å². The first-order valence-electron chi connectivity index (χ1n) is 6.50. The predicted octanol–water partition coefficient (Wildman–Crippen LogP) is 2.69. The second kappa shape index (κ2) is 4.89. The molecule has 2 aromatic carbocycles. The number of nitrogens with one attached hydrogen (secondary N) is 1. The number of fused-ring (bicyclic) bond motifs is 1. The van der Waals surface area contributed by atoms with Gasteiger partial charge in [-0.25, -0.2) is 4.79 Å². The first-order chi connectivity index (χ1) is 9.69. The monoisotopic (exact) mass is 268 g/mol. The average molecular weight is 268 g/mol. The van der Waals surface area contributed by atoms with Crippen molar-refractivity contribution in [1.82, 2.24) is 9.55 Å². The van der Waals surface area contributed by atoms with E-state index in [-0.39, 0.29) is 5.69 Å². The molecule has 1 aromatic heterocycles. The lowest BCUT2D eigenvalue weighted by Gasteiger charge is -2.07. The molecule has 0 spiro atoms. The number of rotatable bonds is 3. The first kappa shape index (κ1) is 12.5. The van der Waals surface area contributed by atoms with E-state index in [4.69, 9.17) is 4.74 Å². The van der Waals surface area contributed by atoms with E-state index in [0.717, 1.165) is 27.9 Å². The maximum atomic E-state index is 12.1. The van der Waals surface area contributed by atoms with Crippen LogP contribution in [0.5, 0.6) is 5.75 Å². The maximum Gasteiger partial charge on any atom is 0.326 e. The van der Waals surface area contributed by atoms with Crippen molar-refractivity contribution in [3.63, 3.8) is 0 Å². The van der Waals surface area contributed by atoms with Crippen molar-refractivity contribution < 1.29 is 4.74 Å². The number of ether oxygens (including phenoxy) is 1. The van der Waals surface area contributed by atoms with Crippen molar-refractivity contribution in [2.75, 3.05) is 7.11 Å². The molecule has 0 saturated carbocycles. The summed E-state index contributed by atoms with van der Waals surface area (Å²) in [5.41, 5.74) is 3.87. The van der Waals surface area contributed by atoms with Crippen LogP contribution in [0.25, 0.3) is 11.0 Å². The third-order valence-corrected chi connectivity index (χ3v) is 3.47. The van der Waals surface area contributed by atoms with Crippen LogP contribution in [0, 0.1) is 6.92 Å². The van der Waals surface area contributed by atoms with Crippen molar-refractivity contribution >= 4 is 11.0 Å². The Bertz CT molecular complexity index is 815. The van der Waals surface area contributed by atoms with Crippen LogP contribution < -0.4 is 10.4 Å². The zero-order chi connectivity index (χ0) is 14.1. The van der Waals surface area contributed by atoms with Gasteiger partial charge in [0.25, 0.3) is 0 Å². The lowest BCUT2D eigenvalue weighted by Crippen LogP contribution is -2.17. The van der Waals surface area contributed by atoms with E-state index in [1.54, 1.807) is 11.7 Å². The third kappa shape index (κ3) is 2.09. The van der Waals surface area contributed by atoms with Gasteiger partial charge in [-0.15, -0.1) is 0 Å². The molecule has 0 amide bonds. The topological polar surface area (TPSA) is 47.0 Å². The molecule has 0 aliphatic carbocycles. The largest absolute Gasteiger partial charge is 0.497 e. The molecule has 3 aromatic rings. The van der Waals surface area contributed by atoms with Crippen LogP contribution in [0.15, 0.2) is 47.3 Å². The minimum Gasteiger partial charge on any atom is -0.497 e. The van der Waals surface area contributed by atoms with Gasteiger partial charge >= 0.3 is 5.69 Å². The fourth-order valence-corrected chi connectivity index (χ4v) is 2.51. The molecule has 102 valence electrons. The Balaban J connectivity index is 2.10. The molecule has 4 nitrogen and oxygen atoms in total. The summed E-state index contributed by atoms with van der Waals surface area (Å²) in [4.78, 5) is 15.0. The van der Waals surface area contributed by atoms with E-state index < -0.39 is 0 Å². The standard InChI is InChI=1S/C16H16N2O2/c1-11-5-3-8-14-15(11)18(16(19)17-14)10-12-6-4-7-13(9-12)20-2/h3-9H,10H2,1-2H3,(H,17,19). The number of hydrogen-bond acceptors (Lipinski definition) is 2. The molecule has 0 bridgehead atoms. The van der Waals surface area contributed by atoms with E-state index in [1.807, 2.05) is 49.4 Å². The molecule has 1 N–H and O–H groups in total. The Kier molecular flexibility index (Phi) is 3.06. The van der Waals surface area contributed by atoms with Gasteiger partial charge in [-0.3, -0.25) is 4.57 Å². The minimum atomic E-state index is -0.0860. The first-order valence-corrected chi connectivity index (χ1v) is 6.50. The Hall–Kier alpha value is -2.49. The molecule has 0 unspecified atom stereocenters. The average Bonchev–Trinajstić information content (AvgIpc) is 2.77. The summed E-state index contributed by atoms with van der Waals surface area (Å²) in [7, 11) is 1.64. The van der Waals surface area contributed by atoms with Crippen LogP contribution in [-0.4, -0.2) is 16.7 Å². The molecule has 4 heteroatoms. The van der Waals surface area contributed by atoms with E-state index in [1.165, 1.54) is 0 Å². The molecule has 20 heavy (non-hydrogen) atoms. The number of hydrogen-bond donors (Lipinski definition) is 1. The molecular formula is C16H16N2O2. The summed E-state index contributed by atoms with van der Waals surface area (Å²) < 4.78 is 6.98. The number of imidazole rings is 1. The van der Waals surface area contributed by atoms with Crippen LogP contribution >= 0.6 is 0 Å². The number of nitrogens with zero attached hydrogens (tertiary/aromatic N) is 1. The molecule has 3 rings (SSSR count). The van der Waals surface area contributed by atoms with Crippen molar-refractivity contribution in [3.05, 3.63) is 64.1 Å². The van der Waals surface area contributed by atoms with E-state index in [9.17, 15) is 4.79 Å². The number of methoxy groups -OCH3 is 1. The van der Waals surface area contributed by atoms with E-state index in [2.05, 4.69) is 4.98 Å². The Morgan fingerprint density at radius 2 is 2.00 bits per heavy atom. The van der Waals surface area contributed by atoms with Crippen molar-refractivity contribution in [2.45, 2.75) is 13.5 Å². The maximum absolute atomic E-state index is 12.1. The van der Waals surface area contributed by atoms with E-state index in [0.29, 0.717) is 6.54 Å². The Labute approximate surface area is 116 Å². The van der Waals surface area contributed by atoms with Crippen LogP contribution in [0.2, 0.25) is 0 Å². The van der Waals surface area contributed by atoms with Gasteiger partial charge in [-0.2, -0.15) is 0 Å². The third-order valence-electron chi connectivity index (χ3n) is 3.47. The molecule has 0 atom stereocenters. The summed E-state index contributed by atoms with van der Waals surface area (Å²) in [5, 5.41) is 0. The van der Waals surface area contributed by atoms with Gasteiger partial charge in [0.2, 0.25) is 0 Å². The lowest BCUT2D eigenvalue weighted by atomic mass is 10.2. The highest BCUT2D eigenvalue weighted by Crippen LogP contribution is 2.18. The van der Waals surface area contributed by atoms with Crippen LogP contribution in [0.3, 0.4) is 0 Å². The summed E-state index contributed by atoms with van der Waals surface area (Å²) in [6.07, 6.45) is 0. The normalized spacial score (nSPS) is 10.9. The van der Waals surface area contributed by atoms with Gasteiger partial charge < -0.3 is 9.72 Å². The summed E-state index contributed by atoms with van der Waals surface area (Å²) in [6, 6.07) is 13.6. The number of aromatic nitrogens is 2. The summed E-state index contributed by atoms with van der Waals surface area (Å²) in [6.45, 7) is 2.54. The SMILES string of the molecule is COc1cccc(Cn2c(=O)[nH]c3cccc(C)c32)c1. The van der Waals surface area contributed by atoms with Gasteiger partial charge in [0, 0.05) is 0 Å². The van der Waals surface area contributed by atoms with Crippen molar-refractivity contribution in [3.8, 4) is 5.75 Å². The van der Waals surface area contributed by atoms with Crippen molar-refractivity contribution in [2.24, 2.45) is 0 Å². The molecule has 0 saturated heterocycles. The zero-order valence-corrected chi connectivity index (χ0v) is 11.5. The fraction of sp³-hybridized carbons (Fsp3) is 0.188. The summed E-state index contributed by atoms with van der Waals surface area (Å²) in [5.74, 6) is 0.798. The highest BCUT2D eigenvalue weighted by Gasteiger charge is 2.09. The predicted molar refractivity (Wildman–Crippen MR) is 79.4 cm³/mol. The number of para-hydroxylation sites is 1. The summed E-state index contributed by atoms with van der Waals surface area (Å²) >= 11 is 0. The zero-order valence-electron chi connectivity index (χ0n) is 11.5. The van der Waals surface area contributed by atoms with Crippen LogP contribution in [-0.2, 0) is 6.54 Å². The molecular weight excluding hydrogens is 252 g/mol. The van der Waals surface area contributed by atoms with Crippen LogP contribution in [0.4, 0.5) is 0 Å². The minimum absolute atomic E-state index is 0.0860. The lowest BCUT2D eigenvalue weighted by molar-refractivity contribution is 0.414.